The van der Waals surface area contributed by atoms with Crippen molar-refractivity contribution in [3.8, 4) is 0 Å². The van der Waals surface area contributed by atoms with Crippen LogP contribution in [0.25, 0.3) is 0 Å². The predicted octanol–water partition coefficient (Wildman–Crippen LogP) is 4.14. The summed E-state index contributed by atoms with van der Waals surface area (Å²) >= 11 is 3.20. The second kappa shape index (κ2) is 6.28. The third-order valence-corrected chi connectivity index (χ3v) is 4.78. The summed E-state index contributed by atoms with van der Waals surface area (Å²) in [6.07, 6.45) is 7.54. The molecular weight excluding hydrogens is 333 g/mol. The number of hydrogen-bond donors (Lipinski definition) is 1. The van der Waals surface area contributed by atoms with E-state index in [1.54, 1.807) is 18.2 Å². The van der Waals surface area contributed by atoms with Crippen LogP contribution in [0.15, 0.2) is 34.9 Å². The van der Waals surface area contributed by atoms with Crippen LogP contribution in [0.3, 0.4) is 0 Å². The molecule has 1 aromatic heterocycles. The van der Waals surface area contributed by atoms with Crippen LogP contribution in [-0.4, -0.2) is 9.78 Å². The zero-order valence-electron chi connectivity index (χ0n) is 11.8. The van der Waals surface area contributed by atoms with Gasteiger partial charge in [-0.15, -0.1) is 0 Å². The van der Waals surface area contributed by atoms with Crippen LogP contribution in [0.4, 0.5) is 4.39 Å². The molecule has 2 N–H and O–H groups in total. The highest BCUT2D eigenvalue weighted by atomic mass is 79.9. The van der Waals surface area contributed by atoms with Crippen LogP contribution in [0.5, 0.6) is 0 Å². The molecule has 1 aliphatic rings. The summed E-state index contributed by atoms with van der Waals surface area (Å²) in [6.45, 7) is 0. The van der Waals surface area contributed by atoms with Crippen LogP contribution in [0, 0.1) is 5.82 Å². The standard InChI is InChI=1S/C16H19BrFN3/c17-14-7-3-6-13(16(14)18)15(19)10-11-8-9-21(20-11)12-4-1-2-5-12/h3,6-9,12,15H,1-2,4-5,10,19H2. The fourth-order valence-electron chi connectivity index (χ4n) is 3.00. The van der Waals surface area contributed by atoms with E-state index in [2.05, 4.69) is 21.0 Å². The molecular formula is C16H19BrFN3. The minimum absolute atomic E-state index is 0.278. The fraction of sp³-hybridized carbons (Fsp3) is 0.438. The molecule has 1 aromatic carbocycles. The summed E-state index contributed by atoms with van der Waals surface area (Å²) in [5.74, 6) is -0.278. The average Bonchev–Trinajstić information content (AvgIpc) is 3.12. The highest BCUT2D eigenvalue weighted by molar-refractivity contribution is 9.10. The SMILES string of the molecule is NC(Cc1ccn(C2CCCC2)n1)c1cccc(Br)c1F. The summed E-state index contributed by atoms with van der Waals surface area (Å²) < 4.78 is 16.6. The van der Waals surface area contributed by atoms with Crippen molar-refractivity contribution >= 4 is 15.9 Å². The van der Waals surface area contributed by atoms with Crippen LogP contribution in [0.2, 0.25) is 0 Å². The number of benzene rings is 1. The lowest BCUT2D eigenvalue weighted by molar-refractivity contribution is 0.460. The second-order valence-electron chi connectivity index (χ2n) is 5.68. The maximum atomic E-state index is 14.1. The normalized spacial score (nSPS) is 17.3. The Labute approximate surface area is 132 Å². The minimum Gasteiger partial charge on any atom is -0.324 e. The Morgan fingerprint density at radius 1 is 1.33 bits per heavy atom. The van der Waals surface area contributed by atoms with E-state index in [-0.39, 0.29) is 11.9 Å². The Hall–Kier alpha value is -1.20. The van der Waals surface area contributed by atoms with E-state index >= 15 is 0 Å². The Bertz CT molecular complexity index is 620. The molecule has 1 unspecified atom stereocenters. The van der Waals surface area contributed by atoms with Gasteiger partial charge in [-0.2, -0.15) is 5.10 Å². The number of hydrogen-bond acceptors (Lipinski definition) is 2. The van der Waals surface area contributed by atoms with E-state index < -0.39 is 0 Å². The van der Waals surface area contributed by atoms with E-state index in [1.165, 1.54) is 25.7 Å². The Balaban J connectivity index is 1.72. The van der Waals surface area contributed by atoms with Gasteiger partial charge in [0.2, 0.25) is 0 Å². The Morgan fingerprint density at radius 3 is 2.86 bits per heavy atom. The molecule has 0 spiro atoms. The molecule has 0 amide bonds. The summed E-state index contributed by atoms with van der Waals surface area (Å²) in [4.78, 5) is 0. The maximum Gasteiger partial charge on any atom is 0.142 e. The van der Waals surface area contributed by atoms with E-state index in [0.717, 1.165) is 5.69 Å². The monoisotopic (exact) mass is 351 g/mol. The number of nitrogens with zero attached hydrogens (tertiary/aromatic N) is 2. The average molecular weight is 352 g/mol. The van der Waals surface area contributed by atoms with Gasteiger partial charge in [0.15, 0.2) is 0 Å². The van der Waals surface area contributed by atoms with Gasteiger partial charge in [-0.25, -0.2) is 4.39 Å². The number of rotatable bonds is 4. The largest absolute Gasteiger partial charge is 0.324 e. The van der Waals surface area contributed by atoms with Crippen molar-refractivity contribution in [3.05, 3.63) is 52.0 Å². The van der Waals surface area contributed by atoms with Crippen molar-refractivity contribution in [1.82, 2.24) is 9.78 Å². The van der Waals surface area contributed by atoms with Gasteiger partial charge >= 0.3 is 0 Å². The maximum absolute atomic E-state index is 14.1. The summed E-state index contributed by atoms with van der Waals surface area (Å²) in [5.41, 5.74) is 7.60. The van der Waals surface area contributed by atoms with E-state index in [4.69, 9.17) is 5.73 Å². The Morgan fingerprint density at radius 2 is 2.10 bits per heavy atom. The molecule has 1 heterocycles. The highest BCUT2D eigenvalue weighted by Gasteiger charge is 2.19. The van der Waals surface area contributed by atoms with Crippen molar-refractivity contribution in [1.29, 1.82) is 0 Å². The van der Waals surface area contributed by atoms with Crippen LogP contribution in [0.1, 0.15) is 49.0 Å². The molecule has 0 bridgehead atoms. The van der Waals surface area contributed by atoms with Crippen LogP contribution in [-0.2, 0) is 6.42 Å². The van der Waals surface area contributed by atoms with Gasteiger partial charge < -0.3 is 5.73 Å². The van der Waals surface area contributed by atoms with Crippen molar-refractivity contribution < 1.29 is 4.39 Å². The molecule has 0 aliphatic heterocycles. The molecule has 1 atom stereocenters. The van der Waals surface area contributed by atoms with Crippen LogP contribution >= 0.6 is 15.9 Å². The van der Waals surface area contributed by atoms with Gasteiger partial charge in [-0.05, 0) is 40.9 Å². The molecule has 3 rings (SSSR count). The van der Waals surface area contributed by atoms with Gasteiger partial charge in [0.05, 0.1) is 16.2 Å². The lowest BCUT2D eigenvalue weighted by atomic mass is 10.0. The molecule has 21 heavy (non-hydrogen) atoms. The molecule has 0 saturated heterocycles. The lowest BCUT2D eigenvalue weighted by Gasteiger charge is -2.13. The van der Waals surface area contributed by atoms with Gasteiger partial charge in [-0.1, -0.05) is 25.0 Å². The molecule has 5 heteroatoms. The topological polar surface area (TPSA) is 43.8 Å². The quantitative estimate of drug-likeness (QED) is 0.899. The molecule has 2 aromatic rings. The highest BCUT2D eigenvalue weighted by Crippen LogP contribution is 2.29. The van der Waals surface area contributed by atoms with Crippen molar-refractivity contribution in [3.63, 3.8) is 0 Å². The molecule has 1 fully saturated rings. The van der Waals surface area contributed by atoms with Crippen molar-refractivity contribution in [2.45, 2.75) is 44.2 Å². The van der Waals surface area contributed by atoms with Gasteiger partial charge in [0.25, 0.3) is 0 Å². The van der Waals surface area contributed by atoms with Crippen molar-refractivity contribution in [2.24, 2.45) is 5.73 Å². The van der Waals surface area contributed by atoms with Crippen molar-refractivity contribution in [2.75, 3.05) is 0 Å². The summed E-state index contributed by atoms with van der Waals surface area (Å²) in [7, 11) is 0. The lowest BCUT2D eigenvalue weighted by Crippen LogP contribution is -2.16. The number of nitrogens with two attached hydrogens (primary N) is 1. The molecule has 3 nitrogen and oxygen atoms in total. The first-order valence-corrected chi connectivity index (χ1v) is 8.18. The fourth-order valence-corrected chi connectivity index (χ4v) is 3.38. The van der Waals surface area contributed by atoms with Gasteiger partial charge in [0.1, 0.15) is 5.82 Å². The first-order chi connectivity index (χ1) is 10.1. The third-order valence-electron chi connectivity index (χ3n) is 4.17. The van der Waals surface area contributed by atoms with E-state index in [1.807, 2.05) is 16.9 Å². The second-order valence-corrected chi connectivity index (χ2v) is 6.53. The first kappa shape index (κ1) is 14.7. The molecule has 112 valence electrons. The Kier molecular flexibility index (Phi) is 4.40. The van der Waals surface area contributed by atoms with Gasteiger partial charge in [-0.3, -0.25) is 4.68 Å². The zero-order valence-corrected chi connectivity index (χ0v) is 13.4. The predicted molar refractivity (Wildman–Crippen MR) is 84.5 cm³/mol. The van der Waals surface area contributed by atoms with Gasteiger partial charge in [0, 0.05) is 24.2 Å². The zero-order chi connectivity index (χ0) is 14.8. The smallest absolute Gasteiger partial charge is 0.142 e. The minimum atomic E-state index is -0.380. The summed E-state index contributed by atoms with van der Waals surface area (Å²) in [5, 5.41) is 4.61. The molecule has 1 saturated carbocycles. The number of halogens is 2. The van der Waals surface area contributed by atoms with E-state index in [0.29, 0.717) is 22.5 Å². The summed E-state index contributed by atoms with van der Waals surface area (Å²) in [6, 6.07) is 7.36. The number of aromatic nitrogens is 2. The molecule has 0 radical (unpaired) electrons. The molecule has 1 aliphatic carbocycles. The van der Waals surface area contributed by atoms with E-state index in [9.17, 15) is 4.39 Å². The first-order valence-electron chi connectivity index (χ1n) is 7.38. The van der Waals surface area contributed by atoms with Crippen LogP contribution < -0.4 is 5.73 Å². The third kappa shape index (κ3) is 3.19.